The molecule has 0 spiro atoms. The van der Waals surface area contributed by atoms with E-state index in [1.807, 2.05) is 0 Å². The predicted octanol–water partition coefficient (Wildman–Crippen LogP) is 2.40. The summed E-state index contributed by atoms with van der Waals surface area (Å²) < 4.78 is 13.5. The zero-order valence-electron chi connectivity index (χ0n) is 9.82. The van der Waals surface area contributed by atoms with Gasteiger partial charge in [0, 0.05) is 19.2 Å². The molecule has 92 valence electrons. The lowest BCUT2D eigenvalue weighted by atomic mass is 10.1. The molecule has 4 heteroatoms. The third-order valence-corrected chi connectivity index (χ3v) is 3.33. The first-order valence-corrected chi connectivity index (χ1v) is 5.89. The lowest BCUT2D eigenvalue weighted by Gasteiger charge is -2.16. The van der Waals surface area contributed by atoms with E-state index in [0.29, 0.717) is 19.0 Å². The quantitative estimate of drug-likeness (QED) is 0.858. The van der Waals surface area contributed by atoms with Gasteiger partial charge in [0.1, 0.15) is 11.6 Å². The number of carbonyl (C=O) groups is 1. The van der Waals surface area contributed by atoms with Crippen LogP contribution in [0.5, 0.6) is 5.75 Å². The summed E-state index contributed by atoms with van der Waals surface area (Å²) in [7, 11) is 0. The first-order chi connectivity index (χ1) is 8.11. The van der Waals surface area contributed by atoms with Crippen molar-refractivity contribution in [3.63, 3.8) is 0 Å². The van der Waals surface area contributed by atoms with Crippen molar-refractivity contribution in [2.75, 3.05) is 13.1 Å². The number of amides is 1. The summed E-state index contributed by atoms with van der Waals surface area (Å²) in [6.07, 6.45) is 2.03. The Kier molecular flexibility index (Phi) is 3.31. The topological polar surface area (TPSA) is 40.5 Å². The van der Waals surface area contributed by atoms with Crippen molar-refractivity contribution in [3.8, 4) is 5.75 Å². The van der Waals surface area contributed by atoms with E-state index in [1.165, 1.54) is 12.1 Å². The van der Waals surface area contributed by atoms with Crippen molar-refractivity contribution in [2.45, 2.75) is 19.8 Å². The highest BCUT2D eigenvalue weighted by Gasteiger charge is 2.27. The molecule has 0 aromatic heterocycles. The van der Waals surface area contributed by atoms with Crippen LogP contribution in [0.2, 0.25) is 0 Å². The van der Waals surface area contributed by atoms with Gasteiger partial charge in [-0.25, -0.2) is 4.39 Å². The fourth-order valence-electron chi connectivity index (χ4n) is 2.20. The molecule has 1 N–H and O–H groups in total. The summed E-state index contributed by atoms with van der Waals surface area (Å²) in [5.41, 5.74) is 0.0413. The maximum atomic E-state index is 13.5. The van der Waals surface area contributed by atoms with Gasteiger partial charge >= 0.3 is 0 Å². The molecule has 0 aliphatic carbocycles. The van der Waals surface area contributed by atoms with Crippen molar-refractivity contribution in [3.05, 3.63) is 29.6 Å². The Morgan fingerprint density at radius 1 is 1.59 bits per heavy atom. The summed E-state index contributed by atoms with van der Waals surface area (Å²) >= 11 is 0. The second-order valence-electron chi connectivity index (χ2n) is 4.48. The Balaban J connectivity index is 2.15. The summed E-state index contributed by atoms with van der Waals surface area (Å²) in [6, 6.07) is 3.65. The average Bonchev–Trinajstić information content (AvgIpc) is 2.76. The minimum absolute atomic E-state index is 0.0413. The van der Waals surface area contributed by atoms with Gasteiger partial charge in [-0.2, -0.15) is 0 Å². The standard InChI is InChI=1S/C13H16FNO2/c1-2-9-5-6-15(8-9)13(17)11-4-3-10(16)7-12(11)14/h3-4,7,9,16H,2,5-6,8H2,1H3. The molecule has 0 saturated carbocycles. The number of phenols is 1. The van der Waals surface area contributed by atoms with Crippen LogP contribution in [-0.4, -0.2) is 29.0 Å². The number of phenolic OH excluding ortho intramolecular Hbond substituents is 1. The lowest BCUT2D eigenvalue weighted by molar-refractivity contribution is 0.0782. The van der Waals surface area contributed by atoms with E-state index in [9.17, 15) is 9.18 Å². The number of halogens is 1. The number of nitrogens with zero attached hydrogens (tertiary/aromatic N) is 1. The van der Waals surface area contributed by atoms with Crippen LogP contribution in [0.1, 0.15) is 30.1 Å². The minimum Gasteiger partial charge on any atom is -0.508 e. The Labute approximate surface area is 99.9 Å². The average molecular weight is 237 g/mol. The maximum Gasteiger partial charge on any atom is 0.256 e. The van der Waals surface area contributed by atoms with Gasteiger partial charge in [-0.15, -0.1) is 0 Å². The van der Waals surface area contributed by atoms with E-state index in [4.69, 9.17) is 5.11 Å². The molecule has 1 aliphatic rings. The molecule has 1 unspecified atom stereocenters. The number of hydrogen-bond donors (Lipinski definition) is 1. The maximum absolute atomic E-state index is 13.5. The van der Waals surface area contributed by atoms with Gasteiger partial charge in [-0.05, 0) is 24.5 Å². The van der Waals surface area contributed by atoms with Crippen LogP contribution in [0.15, 0.2) is 18.2 Å². The molecule has 1 atom stereocenters. The van der Waals surface area contributed by atoms with E-state index in [2.05, 4.69) is 6.92 Å². The first kappa shape index (κ1) is 11.9. The smallest absolute Gasteiger partial charge is 0.256 e. The molecule has 17 heavy (non-hydrogen) atoms. The van der Waals surface area contributed by atoms with E-state index in [-0.39, 0.29) is 17.2 Å². The van der Waals surface area contributed by atoms with Crippen molar-refractivity contribution >= 4 is 5.91 Å². The molecular formula is C13H16FNO2. The zero-order chi connectivity index (χ0) is 12.4. The van der Waals surface area contributed by atoms with E-state index in [1.54, 1.807) is 4.90 Å². The summed E-state index contributed by atoms with van der Waals surface area (Å²) in [6.45, 7) is 3.49. The number of aromatic hydroxyl groups is 1. The molecule has 1 aromatic carbocycles. The molecule has 1 saturated heterocycles. The number of likely N-dealkylation sites (tertiary alicyclic amines) is 1. The van der Waals surface area contributed by atoms with Crippen LogP contribution in [0.4, 0.5) is 4.39 Å². The van der Waals surface area contributed by atoms with E-state index < -0.39 is 5.82 Å². The molecule has 1 aliphatic heterocycles. The van der Waals surface area contributed by atoms with Gasteiger partial charge in [-0.1, -0.05) is 13.3 Å². The number of benzene rings is 1. The molecule has 1 fully saturated rings. The molecule has 1 amide bonds. The molecule has 0 bridgehead atoms. The van der Waals surface area contributed by atoms with Gasteiger partial charge in [0.15, 0.2) is 0 Å². The Morgan fingerprint density at radius 2 is 2.35 bits per heavy atom. The van der Waals surface area contributed by atoms with Gasteiger partial charge in [0.05, 0.1) is 5.56 Å². The zero-order valence-corrected chi connectivity index (χ0v) is 9.82. The molecule has 3 nitrogen and oxygen atoms in total. The van der Waals surface area contributed by atoms with Crippen LogP contribution in [0, 0.1) is 11.7 Å². The van der Waals surface area contributed by atoms with Crippen molar-refractivity contribution in [1.29, 1.82) is 0 Å². The molecule has 0 radical (unpaired) electrons. The largest absolute Gasteiger partial charge is 0.508 e. The van der Waals surface area contributed by atoms with Crippen molar-refractivity contribution < 1.29 is 14.3 Å². The highest BCUT2D eigenvalue weighted by Crippen LogP contribution is 2.23. The molecule has 1 aromatic rings. The lowest BCUT2D eigenvalue weighted by Crippen LogP contribution is -2.29. The van der Waals surface area contributed by atoms with Crippen LogP contribution in [0.3, 0.4) is 0 Å². The monoisotopic (exact) mass is 237 g/mol. The van der Waals surface area contributed by atoms with E-state index in [0.717, 1.165) is 18.9 Å². The second-order valence-corrected chi connectivity index (χ2v) is 4.48. The van der Waals surface area contributed by atoms with Crippen LogP contribution in [-0.2, 0) is 0 Å². The predicted molar refractivity (Wildman–Crippen MR) is 62.4 cm³/mol. The molecular weight excluding hydrogens is 221 g/mol. The van der Waals surface area contributed by atoms with Gasteiger partial charge in [0.2, 0.25) is 0 Å². The summed E-state index contributed by atoms with van der Waals surface area (Å²) in [5.74, 6) is -0.570. The Bertz CT molecular complexity index is 433. The number of carbonyl (C=O) groups excluding carboxylic acids is 1. The highest BCUT2D eigenvalue weighted by molar-refractivity contribution is 5.94. The highest BCUT2D eigenvalue weighted by atomic mass is 19.1. The first-order valence-electron chi connectivity index (χ1n) is 5.89. The Hall–Kier alpha value is -1.58. The Morgan fingerprint density at radius 3 is 2.94 bits per heavy atom. The minimum atomic E-state index is -0.657. The van der Waals surface area contributed by atoms with Crippen LogP contribution >= 0.6 is 0 Å². The summed E-state index contributed by atoms with van der Waals surface area (Å²) in [4.78, 5) is 13.7. The van der Waals surface area contributed by atoms with Crippen molar-refractivity contribution in [2.24, 2.45) is 5.92 Å². The van der Waals surface area contributed by atoms with Gasteiger partial charge < -0.3 is 10.0 Å². The van der Waals surface area contributed by atoms with Gasteiger partial charge in [-0.3, -0.25) is 4.79 Å². The summed E-state index contributed by atoms with van der Waals surface area (Å²) in [5, 5.41) is 9.10. The van der Waals surface area contributed by atoms with Crippen LogP contribution < -0.4 is 0 Å². The normalized spacial score (nSPS) is 19.6. The fourth-order valence-corrected chi connectivity index (χ4v) is 2.20. The number of hydrogen-bond acceptors (Lipinski definition) is 2. The van der Waals surface area contributed by atoms with E-state index >= 15 is 0 Å². The fraction of sp³-hybridized carbons (Fsp3) is 0.462. The van der Waals surface area contributed by atoms with Gasteiger partial charge in [0.25, 0.3) is 5.91 Å². The third-order valence-electron chi connectivity index (χ3n) is 3.33. The molecule has 1 heterocycles. The molecule has 2 rings (SSSR count). The third kappa shape index (κ3) is 2.40. The SMILES string of the molecule is CCC1CCN(C(=O)c2ccc(O)cc2F)C1. The van der Waals surface area contributed by atoms with Crippen LogP contribution in [0.25, 0.3) is 0 Å². The van der Waals surface area contributed by atoms with Crippen molar-refractivity contribution in [1.82, 2.24) is 4.90 Å². The second kappa shape index (κ2) is 4.73. The number of rotatable bonds is 2.